The van der Waals surface area contributed by atoms with Crippen LogP contribution in [-0.4, -0.2) is 70.9 Å². The molecule has 27 heavy (non-hydrogen) atoms. The number of rotatable bonds is 9. The predicted molar refractivity (Wildman–Crippen MR) is 124 cm³/mol. The van der Waals surface area contributed by atoms with Gasteiger partial charge in [0.25, 0.3) is 0 Å². The van der Waals surface area contributed by atoms with E-state index < -0.39 is 33.3 Å². The van der Waals surface area contributed by atoms with Crippen LogP contribution in [0, 0.1) is 0 Å². The molecule has 1 heterocycles. The van der Waals surface area contributed by atoms with E-state index in [1.54, 1.807) is 0 Å². The van der Waals surface area contributed by atoms with Crippen LogP contribution in [0.4, 0.5) is 0 Å². The summed E-state index contributed by atoms with van der Waals surface area (Å²) in [5, 5.41) is 0. The van der Waals surface area contributed by atoms with Gasteiger partial charge < -0.3 is 22.4 Å². The Hall–Kier alpha value is 0.668. The zero-order valence-corrected chi connectivity index (χ0v) is 23.8. The molecule has 0 radical (unpaired) electrons. The van der Waals surface area contributed by atoms with Gasteiger partial charge in [-0.05, 0) is 78.6 Å². The van der Waals surface area contributed by atoms with Crippen LogP contribution in [-0.2, 0) is 22.4 Å². The third kappa shape index (κ3) is 10.9. The van der Waals surface area contributed by atoms with Crippen molar-refractivity contribution < 1.29 is 22.4 Å². The standard InChI is InChI=1S/C18H44O5Si4/c1-24(2,3)20-14-15-17(22-26(7,8)9)18(23-27(10,11)12)16(13-19-15)21-25(4,5)6/h15-18H,13-14H2,1-12H3. The lowest BCUT2D eigenvalue weighted by Crippen LogP contribution is -2.63. The zero-order chi connectivity index (χ0) is 21.3. The Balaban J connectivity index is 3.14. The van der Waals surface area contributed by atoms with E-state index in [0.29, 0.717) is 13.2 Å². The lowest BCUT2D eigenvalue weighted by atomic mass is 10.0. The Labute approximate surface area is 172 Å². The lowest BCUT2D eigenvalue weighted by Gasteiger charge is -2.48. The molecule has 0 aromatic heterocycles. The quantitative estimate of drug-likeness (QED) is 0.466. The van der Waals surface area contributed by atoms with Crippen molar-refractivity contribution in [3.8, 4) is 0 Å². The topological polar surface area (TPSA) is 46.2 Å². The molecule has 0 amide bonds. The second kappa shape index (κ2) is 9.21. The summed E-state index contributed by atoms with van der Waals surface area (Å²) in [6.07, 6.45) is -0.423. The van der Waals surface area contributed by atoms with Crippen molar-refractivity contribution in [2.24, 2.45) is 0 Å². The average Bonchev–Trinajstić information content (AvgIpc) is 2.36. The van der Waals surface area contributed by atoms with Crippen molar-refractivity contribution in [2.45, 2.75) is 103 Å². The van der Waals surface area contributed by atoms with Gasteiger partial charge in [-0.1, -0.05) is 0 Å². The summed E-state index contributed by atoms with van der Waals surface area (Å²) in [6.45, 7) is 27.7. The number of hydrogen-bond acceptors (Lipinski definition) is 5. The third-order valence-electron chi connectivity index (χ3n) is 3.70. The van der Waals surface area contributed by atoms with Crippen molar-refractivity contribution in [3.63, 3.8) is 0 Å². The molecule has 0 saturated carbocycles. The Bertz CT molecular complexity index is 462. The lowest BCUT2D eigenvalue weighted by molar-refractivity contribution is -0.178. The van der Waals surface area contributed by atoms with E-state index in [2.05, 4.69) is 78.6 Å². The Kier molecular flexibility index (Phi) is 8.77. The first-order valence-electron chi connectivity index (χ1n) is 10.2. The molecule has 5 nitrogen and oxygen atoms in total. The van der Waals surface area contributed by atoms with Gasteiger partial charge in [-0.15, -0.1) is 0 Å². The van der Waals surface area contributed by atoms with Gasteiger partial charge in [0.2, 0.25) is 0 Å². The minimum atomic E-state index is -1.80. The van der Waals surface area contributed by atoms with Crippen LogP contribution in [0.3, 0.4) is 0 Å². The van der Waals surface area contributed by atoms with Gasteiger partial charge in [-0.25, -0.2) is 0 Å². The maximum atomic E-state index is 6.67. The van der Waals surface area contributed by atoms with Gasteiger partial charge in [0.05, 0.1) is 25.4 Å². The summed E-state index contributed by atoms with van der Waals surface area (Å²) in [5.41, 5.74) is 0. The van der Waals surface area contributed by atoms with E-state index in [1.165, 1.54) is 0 Å². The van der Waals surface area contributed by atoms with E-state index in [-0.39, 0.29) is 24.4 Å². The molecule has 0 bridgehead atoms. The Morgan fingerprint density at radius 2 is 1.07 bits per heavy atom. The Morgan fingerprint density at radius 3 is 1.48 bits per heavy atom. The maximum Gasteiger partial charge on any atom is 0.184 e. The van der Waals surface area contributed by atoms with E-state index in [9.17, 15) is 0 Å². The molecule has 0 aliphatic carbocycles. The molecule has 1 saturated heterocycles. The summed E-state index contributed by atoms with van der Waals surface area (Å²) < 4.78 is 32.3. The first-order chi connectivity index (χ1) is 11.9. The summed E-state index contributed by atoms with van der Waals surface area (Å²) in [5.74, 6) is 0. The van der Waals surface area contributed by atoms with Gasteiger partial charge in [-0.3, -0.25) is 0 Å². The zero-order valence-electron chi connectivity index (χ0n) is 19.8. The summed E-state index contributed by atoms with van der Waals surface area (Å²) in [6, 6.07) is 0. The number of ether oxygens (including phenoxy) is 1. The normalized spacial score (nSPS) is 28.4. The molecule has 4 unspecified atom stereocenters. The molecule has 0 spiro atoms. The molecule has 0 aromatic rings. The maximum absolute atomic E-state index is 6.67. The summed E-state index contributed by atoms with van der Waals surface area (Å²) >= 11 is 0. The monoisotopic (exact) mass is 452 g/mol. The molecule has 4 atom stereocenters. The molecule has 1 fully saturated rings. The van der Waals surface area contributed by atoms with Crippen LogP contribution in [0.2, 0.25) is 78.6 Å². The fourth-order valence-corrected chi connectivity index (χ4v) is 6.94. The summed E-state index contributed by atoms with van der Waals surface area (Å²) in [4.78, 5) is 0. The molecule has 1 aliphatic heterocycles. The minimum absolute atomic E-state index is 0.0760. The minimum Gasteiger partial charge on any atom is -0.415 e. The van der Waals surface area contributed by atoms with Crippen molar-refractivity contribution in [1.82, 2.24) is 0 Å². The van der Waals surface area contributed by atoms with Crippen molar-refractivity contribution in [3.05, 3.63) is 0 Å². The van der Waals surface area contributed by atoms with E-state index in [1.807, 2.05) is 0 Å². The molecule has 9 heteroatoms. The van der Waals surface area contributed by atoms with E-state index in [0.717, 1.165) is 0 Å². The molecule has 1 aliphatic rings. The first kappa shape index (κ1) is 25.7. The highest BCUT2D eigenvalue weighted by molar-refractivity contribution is 6.71. The predicted octanol–water partition coefficient (Wildman–Crippen LogP) is 4.90. The second-order valence-corrected chi connectivity index (χ2v) is 29.3. The third-order valence-corrected chi connectivity index (χ3v) is 7.70. The van der Waals surface area contributed by atoms with E-state index >= 15 is 0 Å². The molecule has 1 rings (SSSR count). The van der Waals surface area contributed by atoms with Crippen LogP contribution in [0.25, 0.3) is 0 Å². The molecule has 0 N–H and O–H groups in total. The van der Waals surface area contributed by atoms with Crippen LogP contribution >= 0.6 is 0 Å². The summed E-state index contributed by atoms with van der Waals surface area (Å²) in [7, 11) is -6.95. The molecular weight excluding hydrogens is 409 g/mol. The van der Waals surface area contributed by atoms with Gasteiger partial charge in [0, 0.05) is 0 Å². The molecule has 162 valence electrons. The van der Waals surface area contributed by atoms with Crippen LogP contribution in [0.15, 0.2) is 0 Å². The highest BCUT2D eigenvalue weighted by Gasteiger charge is 2.47. The van der Waals surface area contributed by atoms with Crippen molar-refractivity contribution >= 4 is 33.3 Å². The average molecular weight is 453 g/mol. The second-order valence-electron chi connectivity index (χ2n) is 11.5. The van der Waals surface area contributed by atoms with Crippen molar-refractivity contribution in [1.29, 1.82) is 0 Å². The molecule has 0 aromatic carbocycles. The van der Waals surface area contributed by atoms with Gasteiger partial charge in [0.15, 0.2) is 33.3 Å². The van der Waals surface area contributed by atoms with Crippen LogP contribution in [0.1, 0.15) is 0 Å². The van der Waals surface area contributed by atoms with Gasteiger partial charge in [0.1, 0.15) is 12.2 Å². The fourth-order valence-electron chi connectivity index (χ4n) is 2.96. The van der Waals surface area contributed by atoms with E-state index in [4.69, 9.17) is 22.4 Å². The largest absolute Gasteiger partial charge is 0.415 e. The smallest absolute Gasteiger partial charge is 0.184 e. The van der Waals surface area contributed by atoms with Crippen molar-refractivity contribution in [2.75, 3.05) is 13.2 Å². The van der Waals surface area contributed by atoms with Crippen LogP contribution < -0.4 is 0 Å². The SMILES string of the molecule is C[Si](C)(C)OCC1OCC(O[Si](C)(C)C)C(O[Si](C)(C)C)C1O[Si](C)(C)C. The highest BCUT2D eigenvalue weighted by Crippen LogP contribution is 2.30. The Morgan fingerprint density at radius 1 is 0.630 bits per heavy atom. The van der Waals surface area contributed by atoms with Gasteiger partial charge in [-0.2, -0.15) is 0 Å². The molecular formula is C18H44O5Si4. The number of hydrogen-bond donors (Lipinski definition) is 0. The fraction of sp³-hybridized carbons (Fsp3) is 1.00. The first-order valence-corrected chi connectivity index (χ1v) is 23.8. The van der Waals surface area contributed by atoms with Gasteiger partial charge >= 0.3 is 0 Å². The highest BCUT2D eigenvalue weighted by atomic mass is 28.4. The van der Waals surface area contributed by atoms with Crippen LogP contribution in [0.5, 0.6) is 0 Å².